The predicted octanol–water partition coefficient (Wildman–Crippen LogP) is 10.5. The molecule has 0 heterocycles. The third-order valence-electron chi connectivity index (χ3n) is 8.62. The molecular weight excluding hydrogens is 654 g/mol. The quantitative estimate of drug-likeness (QED) is 0.0759. The first-order valence-corrected chi connectivity index (χ1v) is 15.9. The summed E-state index contributed by atoms with van der Waals surface area (Å²) >= 11 is 0. The van der Waals surface area contributed by atoms with Crippen LogP contribution in [0.4, 0.5) is 26.3 Å². The second kappa shape index (κ2) is 15.5. The van der Waals surface area contributed by atoms with Crippen LogP contribution < -0.4 is 0 Å². The van der Waals surface area contributed by atoms with Crippen LogP contribution in [0.25, 0.3) is 0 Å². The van der Waals surface area contributed by atoms with Gasteiger partial charge in [0, 0.05) is 5.92 Å². The van der Waals surface area contributed by atoms with Crippen LogP contribution in [0.5, 0.6) is 0 Å². The molecule has 0 aliphatic rings. The summed E-state index contributed by atoms with van der Waals surface area (Å²) in [6, 6.07) is 39.2. The van der Waals surface area contributed by atoms with Crippen molar-refractivity contribution >= 4 is 0 Å². The van der Waals surface area contributed by atoms with Crippen molar-refractivity contribution in [2.45, 2.75) is 43.0 Å². The lowest BCUT2D eigenvalue weighted by Crippen LogP contribution is -2.35. The molecule has 0 aliphatic carbocycles. The van der Waals surface area contributed by atoms with Crippen LogP contribution in [0.1, 0.15) is 57.9 Å². The number of ether oxygens (including phenoxy) is 2. The first kappa shape index (κ1) is 36.6. The molecular formula is C41H36F6O3. The second-order valence-electron chi connectivity index (χ2n) is 12.0. The fourth-order valence-corrected chi connectivity index (χ4v) is 6.21. The van der Waals surface area contributed by atoms with Crippen molar-refractivity contribution in [2.24, 2.45) is 0 Å². The van der Waals surface area contributed by atoms with E-state index >= 15 is 0 Å². The monoisotopic (exact) mass is 690 g/mol. The molecule has 1 N–H and O–H groups in total. The lowest BCUT2D eigenvalue weighted by molar-refractivity contribution is -0.143. The van der Waals surface area contributed by atoms with Gasteiger partial charge in [0.05, 0.1) is 36.5 Å². The molecule has 5 aromatic rings. The number of hydrogen-bond donors (Lipinski definition) is 1. The number of rotatable bonds is 13. The molecule has 0 aromatic heterocycles. The molecule has 0 bridgehead atoms. The molecule has 5 rings (SSSR count). The topological polar surface area (TPSA) is 38.7 Å². The van der Waals surface area contributed by atoms with Crippen molar-refractivity contribution in [3.63, 3.8) is 0 Å². The van der Waals surface area contributed by atoms with Gasteiger partial charge in [-0.15, -0.1) is 0 Å². The average Bonchev–Trinajstić information content (AvgIpc) is 3.12. The third kappa shape index (κ3) is 8.18. The maximum atomic E-state index is 13.7. The molecule has 0 saturated carbocycles. The van der Waals surface area contributed by atoms with Crippen molar-refractivity contribution in [2.75, 3.05) is 13.2 Å². The van der Waals surface area contributed by atoms with Crippen molar-refractivity contribution in [3.8, 4) is 0 Å². The molecule has 0 amide bonds. The lowest BCUT2D eigenvalue weighted by Gasteiger charge is -2.37. The summed E-state index contributed by atoms with van der Waals surface area (Å²) in [5, 5.41) is 10.7. The Morgan fingerprint density at radius 3 is 1.38 bits per heavy atom. The van der Waals surface area contributed by atoms with E-state index < -0.39 is 53.8 Å². The van der Waals surface area contributed by atoms with Gasteiger partial charge in [0.1, 0.15) is 5.60 Å². The van der Waals surface area contributed by atoms with E-state index in [0.717, 1.165) is 16.7 Å². The molecule has 0 unspecified atom stereocenters. The van der Waals surface area contributed by atoms with Crippen molar-refractivity contribution < 1.29 is 40.9 Å². The Hall–Kier alpha value is -4.70. The molecule has 0 saturated heterocycles. The highest BCUT2D eigenvalue weighted by molar-refractivity contribution is 5.48. The van der Waals surface area contributed by atoms with Crippen LogP contribution in [0.2, 0.25) is 0 Å². The Morgan fingerprint density at radius 1 is 0.600 bits per heavy atom. The fourth-order valence-electron chi connectivity index (χ4n) is 6.21. The SMILES string of the molecule is C=C(COC(c1ccccc1)(c1ccccc1)c1ccccc1)[C@H](c1ccccc1)[C@@H](CO)O[C@H](C)c1cc(C(F)(F)F)cc(C(F)(F)F)c1. The van der Waals surface area contributed by atoms with Crippen LogP contribution in [0.15, 0.2) is 152 Å². The molecule has 3 atom stereocenters. The highest BCUT2D eigenvalue weighted by Crippen LogP contribution is 2.43. The molecule has 260 valence electrons. The van der Waals surface area contributed by atoms with Crippen LogP contribution in [0.3, 0.4) is 0 Å². The van der Waals surface area contributed by atoms with E-state index in [4.69, 9.17) is 9.47 Å². The maximum Gasteiger partial charge on any atom is 0.416 e. The summed E-state index contributed by atoms with van der Waals surface area (Å²) in [6.07, 6.45) is -12.4. The van der Waals surface area contributed by atoms with Crippen molar-refractivity contribution in [3.05, 3.63) is 191 Å². The summed E-state index contributed by atoms with van der Waals surface area (Å²) in [7, 11) is 0. The lowest BCUT2D eigenvalue weighted by atomic mass is 9.79. The fraction of sp³-hybridized carbons (Fsp3) is 0.220. The number of hydrogen-bond acceptors (Lipinski definition) is 3. The summed E-state index contributed by atoms with van der Waals surface area (Å²) in [5.74, 6) is -0.767. The first-order chi connectivity index (χ1) is 23.8. The maximum absolute atomic E-state index is 13.7. The van der Waals surface area contributed by atoms with Gasteiger partial charge in [-0.1, -0.05) is 128 Å². The zero-order valence-corrected chi connectivity index (χ0v) is 27.2. The smallest absolute Gasteiger partial charge is 0.394 e. The minimum atomic E-state index is -5.02. The minimum absolute atomic E-state index is 0.0612. The van der Waals surface area contributed by atoms with Gasteiger partial charge in [-0.05, 0) is 58.5 Å². The summed E-state index contributed by atoms with van der Waals surface area (Å²) in [5.41, 5.74) is -0.685. The molecule has 5 aromatic carbocycles. The van der Waals surface area contributed by atoms with Gasteiger partial charge in [0.15, 0.2) is 0 Å². The van der Waals surface area contributed by atoms with Gasteiger partial charge < -0.3 is 14.6 Å². The summed E-state index contributed by atoms with van der Waals surface area (Å²) in [6.45, 7) is 5.02. The average molecular weight is 691 g/mol. The van der Waals surface area contributed by atoms with E-state index in [0.29, 0.717) is 23.3 Å². The molecule has 9 heteroatoms. The van der Waals surface area contributed by atoms with Gasteiger partial charge in [-0.3, -0.25) is 0 Å². The van der Waals surface area contributed by atoms with Gasteiger partial charge >= 0.3 is 12.4 Å². The standard InChI is InChI=1S/C41H36F6O3/c1-28(27-49-39(32-17-9-4-10-18-32,33-19-11-5-12-20-33)34-21-13-6-14-22-34)38(30-15-7-3-8-16-30)37(26-48)50-29(2)31-23-35(40(42,43)44)25-36(24-31)41(45,46)47/h3-25,29,37-38,48H,1,26-27H2,2H3/t29-,37-,38-/m1/s1. The van der Waals surface area contributed by atoms with Crippen molar-refractivity contribution in [1.82, 2.24) is 0 Å². The normalized spacial score (nSPS) is 14.2. The Morgan fingerprint density at radius 2 is 1.00 bits per heavy atom. The van der Waals surface area contributed by atoms with Gasteiger partial charge in [0.25, 0.3) is 0 Å². The predicted molar refractivity (Wildman–Crippen MR) is 180 cm³/mol. The van der Waals surface area contributed by atoms with E-state index in [-0.39, 0.29) is 18.2 Å². The van der Waals surface area contributed by atoms with Crippen LogP contribution in [0, 0.1) is 0 Å². The Labute approximate surface area is 287 Å². The summed E-state index contributed by atoms with van der Waals surface area (Å²) in [4.78, 5) is 0. The van der Waals surface area contributed by atoms with Crippen LogP contribution in [-0.4, -0.2) is 24.4 Å². The zero-order valence-electron chi connectivity index (χ0n) is 27.2. The molecule has 3 nitrogen and oxygen atoms in total. The van der Waals surface area contributed by atoms with Gasteiger partial charge in [0.2, 0.25) is 0 Å². The number of aliphatic hydroxyl groups is 1. The van der Waals surface area contributed by atoms with Gasteiger partial charge in [-0.25, -0.2) is 0 Å². The first-order valence-electron chi connectivity index (χ1n) is 15.9. The zero-order chi connectivity index (χ0) is 35.9. The van der Waals surface area contributed by atoms with E-state index in [2.05, 4.69) is 6.58 Å². The molecule has 0 aliphatic heterocycles. The largest absolute Gasteiger partial charge is 0.416 e. The molecule has 0 radical (unpaired) electrons. The van der Waals surface area contributed by atoms with Crippen LogP contribution in [-0.2, 0) is 27.4 Å². The van der Waals surface area contributed by atoms with E-state index in [9.17, 15) is 31.4 Å². The third-order valence-corrected chi connectivity index (χ3v) is 8.62. The minimum Gasteiger partial charge on any atom is -0.394 e. The summed E-state index contributed by atoms with van der Waals surface area (Å²) < 4.78 is 95.1. The van der Waals surface area contributed by atoms with Crippen molar-refractivity contribution in [1.29, 1.82) is 0 Å². The van der Waals surface area contributed by atoms with E-state index in [1.54, 1.807) is 30.3 Å². The number of alkyl halides is 6. The number of aliphatic hydroxyl groups excluding tert-OH is 1. The van der Waals surface area contributed by atoms with E-state index in [1.807, 2.05) is 91.0 Å². The van der Waals surface area contributed by atoms with Gasteiger partial charge in [-0.2, -0.15) is 26.3 Å². The highest BCUT2D eigenvalue weighted by Gasteiger charge is 2.40. The Bertz CT molecular complexity index is 1700. The Balaban J connectivity index is 1.53. The van der Waals surface area contributed by atoms with E-state index in [1.165, 1.54) is 6.92 Å². The molecule has 0 spiro atoms. The number of halogens is 6. The molecule has 50 heavy (non-hydrogen) atoms. The van der Waals surface area contributed by atoms with Crippen LogP contribution >= 0.6 is 0 Å². The second-order valence-corrected chi connectivity index (χ2v) is 12.0. The Kier molecular flexibility index (Phi) is 11.3. The molecule has 0 fully saturated rings. The number of benzene rings is 5. The highest BCUT2D eigenvalue weighted by atomic mass is 19.4.